The fraction of sp³-hybridized carbons (Fsp3) is 0.800. The molecule has 0 rings (SSSR count). The molecule has 0 spiro atoms. The van der Waals surface area contributed by atoms with Gasteiger partial charge in [-0.1, -0.05) is 34.8 Å². The molecule has 0 aliphatic heterocycles. The van der Waals surface area contributed by atoms with E-state index in [4.69, 9.17) is 69.6 Å². The summed E-state index contributed by atoms with van der Waals surface area (Å²) in [6.07, 6.45) is 0. The second kappa shape index (κ2) is 5.94. The van der Waals surface area contributed by atoms with Gasteiger partial charge in [0, 0.05) is 0 Å². The van der Waals surface area contributed by atoms with Crippen LogP contribution in [0.1, 0.15) is 0 Å². The van der Waals surface area contributed by atoms with Crippen LogP contribution in [0.4, 0.5) is 0 Å². The summed E-state index contributed by atoms with van der Waals surface area (Å²) in [4.78, 5) is 9.87. The quantitative estimate of drug-likeness (QED) is 0.590. The normalized spacial score (nSPS) is 14.4. The van der Waals surface area contributed by atoms with Crippen LogP contribution in [0.15, 0.2) is 0 Å². The third-order valence-electron chi connectivity index (χ3n) is 0.824. The molecule has 0 aromatic carbocycles. The van der Waals surface area contributed by atoms with Crippen LogP contribution in [0.5, 0.6) is 0 Å². The Morgan fingerprint density at radius 1 is 1.23 bits per heavy atom. The summed E-state index contributed by atoms with van der Waals surface area (Å²) in [5, 5.41) is -1.17. The largest absolute Gasteiger partial charge is 0.460 e. The van der Waals surface area contributed by atoms with Crippen molar-refractivity contribution in [3.63, 3.8) is 0 Å². The van der Waals surface area contributed by atoms with E-state index in [0.29, 0.717) is 0 Å². The number of carbonyl (C=O) groups excluding carboxylic acids is 1. The van der Waals surface area contributed by atoms with E-state index < -0.39 is 26.6 Å². The molecule has 2 nitrogen and oxygen atoms in total. The second-order valence-electron chi connectivity index (χ2n) is 1.96. The first-order chi connectivity index (χ1) is 5.74. The Morgan fingerprint density at radius 3 is 2.00 bits per heavy atom. The maximum Gasteiger partial charge on any atom is 0.327 e. The Balaban J connectivity index is 3.89. The van der Waals surface area contributed by atoms with Crippen molar-refractivity contribution >= 4 is 75.6 Å². The third kappa shape index (κ3) is 7.18. The number of rotatable bonds is 3. The molecule has 0 radical (unpaired) electrons. The molecule has 0 N–H and O–H groups in total. The molecule has 0 aromatic heterocycles. The van der Waals surface area contributed by atoms with Crippen LogP contribution in [0.2, 0.25) is 0 Å². The van der Waals surface area contributed by atoms with Gasteiger partial charge >= 0.3 is 5.97 Å². The minimum Gasteiger partial charge on any atom is -0.460 e. The van der Waals surface area contributed by atoms with Gasteiger partial charge in [-0.2, -0.15) is 0 Å². The zero-order chi connectivity index (χ0) is 10.6. The highest BCUT2D eigenvalue weighted by Gasteiger charge is 2.28. The summed E-state index contributed by atoms with van der Waals surface area (Å²) >= 11 is 32.0. The lowest BCUT2D eigenvalue weighted by Gasteiger charge is -2.13. The average Bonchev–Trinajstić information content (AvgIpc) is 1.97. The first kappa shape index (κ1) is 14.2. The van der Waals surface area contributed by atoms with Gasteiger partial charge in [-0.15, -0.1) is 34.8 Å². The summed E-state index contributed by atoms with van der Waals surface area (Å²) in [5.41, 5.74) is 0. The second-order valence-corrected chi connectivity index (χ2v) is 6.11. The highest BCUT2D eigenvalue weighted by atomic mass is 35.6. The Bertz CT molecular complexity index is 176. The van der Waals surface area contributed by atoms with Gasteiger partial charge < -0.3 is 4.74 Å². The van der Waals surface area contributed by atoms with Gasteiger partial charge in [0.15, 0.2) is 5.38 Å². The Morgan fingerprint density at radius 2 is 1.69 bits per heavy atom. The first-order valence-corrected chi connectivity index (χ1v) is 5.34. The van der Waals surface area contributed by atoms with E-state index in [1.807, 2.05) is 0 Å². The van der Waals surface area contributed by atoms with Gasteiger partial charge in [0.25, 0.3) is 0 Å². The van der Waals surface area contributed by atoms with Gasteiger partial charge in [-0.3, -0.25) is 4.79 Å². The summed E-state index contributed by atoms with van der Waals surface area (Å²) in [7, 11) is 0. The zero-order valence-corrected chi connectivity index (χ0v) is 10.5. The standard InChI is InChI=1S/C5H4Cl6O2/c6-2(3(7)8)4(12)13-1-5(9,10)11/h2-3H,1H2. The predicted molar refractivity (Wildman–Crippen MR) is 56.4 cm³/mol. The molecule has 0 heterocycles. The molecule has 0 fully saturated rings. The van der Waals surface area contributed by atoms with E-state index in [1.54, 1.807) is 0 Å². The van der Waals surface area contributed by atoms with Gasteiger partial charge in [0.2, 0.25) is 3.79 Å². The van der Waals surface area contributed by atoms with Crippen molar-refractivity contribution < 1.29 is 9.53 Å². The van der Waals surface area contributed by atoms with Crippen molar-refractivity contribution in [1.82, 2.24) is 0 Å². The fourth-order valence-corrected chi connectivity index (χ4v) is 0.768. The fourth-order valence-electron chi connectivity index (χ4n) is 0.335. The zero-order valence-electron chi connectivity index (χ0n) is 5.95. The van der Waals surface area contributed by atoms with Crippen molar-refractivity contribution in [1.29, 1.82) is 0 Å². The van der Waals surface area contributed by atoms with Gasteiger partial charge in [-0.05, 0) is 0 Å². The lowest BCUT2D eigenvalue weighted by Crippen LogP contribution is -2.27. The highest BCUT2D eigenvalue weighted by molar-refractivity contribution is 6.67. The number of hydrogen-bond donors (Lipinski definition) is 0. The first-order valence-electron chi connectivity index (χ1n) is 2.89. The molecule has 8 heteroatoms. The number of halogens is 6. The summed E-state index contributed by atoms with van der Waals surface area (Å²) in [5.74, 6) is -0.831. The van der Waals surface area contributed by atoms with E-state index in [2.05, 4.69) is 4.74 Å². The molecular weight excluding hydrogens is 305 g/mol. The van der Waals surface area contributed by atoms with Gasteiger partial charge in [-0.25, -0.2) is 0 Å². The summed E-state index contributed by atoms with van der Waals surface area (Å²) in [6.45, 7) is -0.403. The van der Waals surface area contributed by atoms with E-state index >= 15 is 0 Å². The number of ether oxygens (including phenoxy) is 1. The number of alkyl halides is 6. The summed E-state index contributed by atoms with van der Waals surface area (Å²) in [6, 6.07) is 0. The van der Waals surface area contributed by atoms with Crippen LogP contribution in [0, 0.1) is 0 Å². The van der Waals surface area contributed by atoms with Crippen molar-refractivity contribution in [3.05, 3.63) is 0 Å². The van der Waals surface area contributed by atoms with E-state index in [9.17, 15) is 4.79 Å². The molecule has 13 heavy (non-hydrogen) atoms. The van der Waals surface area contributed by atoms with E-state index in [0.717, 1.165) is 0 Å². The molecule has 0 saturated heterocycles. The molecule has 0 saturated carbocycles. The lowest BCUT2D eigenvalue weighted by atomic mass is 10.5. The molecule has 0 aromatic rings. The monoisotopic (exact) mass is 306 g/mol. The van der Waals surface area contributed by atoms with Crippen molar-refractivity contribution in [2.24, 2.45) is 0 Å². The minimum absolute atomic E-state index is 0.403. The predicted octanol–water partition coefficient (Wildman–Crippen LogP) is 3.31. The van der Waals surface area contributed by atoms with Gasteiger partial charge in [0.1, 0.15) is 11.4 Å². The third-order valence-corrected chi connectivity index (χ3v) is 2.34. The van der Waals surface area contributed by atoms with Crippen LogP contribution in [-0.2, 0) is 9.53 Å². The highest BCUT2D eigenvalue weighted by Crippen LogP contribution is 2.26. The van der Waals surface area contributed by atoms with Crippen molar-refractivity contribution in [2.75, 3.05) is 6.61 Å². The molecule has 0 bridgehead atoms. The van der Waals surface area contributed by atoms with Crippen molar-refractivity contribution in [2.45, 2.75) is 14.0 Å². The molecule has 78 valence electrons. The smallest absolute Gasteiger partial charge is 0.327 e. The maximum absolute atomic E-state index is 10.9. The van der Waals surface area contributed by atoms with Crippen LogP contribution < -0.4 is 0 Å². The van der Waals surface area contributed by atoms with E-state index in [1.165, 1.54) is 0 Å². The molecule has 0 amide bonds. The van der Waals surface area contributed by atoms with E-state index in [-0.39, 0.29) is 0 Å². The average molecular weight is 309 g/mol. The Labute approximate surface area is 105 Å². The number of hydrogen-bond acceptors (Lipinski definition) is 2. The Kier molecular flexibility index (Phi) is 6.49. The van der Waals surface area contributed by atoms with Crippen LogP contribution in [-0.4, -0.2) is 26.6 Å². The maximum atomic E-state index is 10.9. The van der Waals surface area contributed by atoms with Crippen LogP contribution in [0.25, 0.3) is 0 Å². The molecule has 0 aliphatic carbocycles. The SMILES string of the molecule is O=C(OCC(Cl)(Cl)Cl)C(Cl)C(Cl)Cl. The van der Waals surface area contributed by atoms with Gasteiger partial charge in [0.05, 0.1) is 0 Å². The molecule has 1 unspecified atom stereocenters. The van der Waals surface area contributed by atoms with Crippen LogP contribution in [0.3, 0.4) is 0 Å². The number of carbonyl (C=O) groups is 1. The van der Waals surface area contributed by atoms with Crippen molar-refractivity contribution in [3.8, 4) is 0 Å². The van der Waals surface area contributed by atoms with Crippen LogP contribution >= 0.6 is 69.6 Å². The lowest BCUT2D eigenvalue weighted by molar-refractivity contribution is -0.142. The summed E-state index contributed by atoms with van der Waals surface area (Å²) < 4.78 is 2.83. The molecular formula is C5H4Cl6O2. The Hall–Kier alpha value is 1.21. The topological polar surface area (TPSA) is 26.3 Å². The minimum atomic E-state index is -1.67. The molecule has 1 atom stereocenters. The number of esters is 1. The molecule has 0 aliphatic rings.